The van der Waals surface area contributed by atoms with Gasteiger partial charge in [-0.3, -0.25) is 0 Å². The predicted molar refractivity (Wildman–Crippen MR) is 85.4 cm³/mol. The van der Waals surface area contributed by atoms with E-state index in [0.29, 0.717) is 5.56 Å². The molecule has 2 aromatic rings. The lowest BCUT2D eigenvalue weighted by molar-refractivity contribution is 0.574. The SMILES string of the molecule is CCCc1ccc(C(NC)c2c(F)cccc2Br)cc1. The smallest absolute Gasteiger partial charge is 0.129 e. The summed E-state index contributed by atoms with van der Waals surface area (Å²) in [5.41, 5.74) is 3.04. The number of benzene rings is 2. The Kier molecular flexibility index (Phi) is 5.32. The highest BCUT2D eigenvalue weighted by molar-refractivity contribution is 9.10. The molecule has 0 aromatic heterocycles. The van der Waals surface area contributed by atoms with E-state index in [9.17, 15) is 4.39 Å². The summed E-state index contributed by atoms with van der Waals surface area (Å²) in [6.45, 7) is 2.17. The van der Waals surface area contributed by atoms with E-state index in [4.69, 9.17) is 0 Å². The molecule has 1 unspecified atom stereocenters. The molecule has 0 aliphatic carbocycles. The van der Waals surface area contributed by atoms with Crippen molar-refractivity contribution in [1.82, 2.24) is 5.32 Å². The molecule has 106 valence electrons. The molecule has 1 atom stereocenters. The fraction of sp³-hybridized carbons (Fsp3) is 0.294. The summed E-state index contributed by atoms with van der Waals surface area (Å²) >= 11 is 3.45. The van der Waals surface area contributed by atoms with Crippen molar-refractivity contribution in [2.24, 2.45) is 0 Å². The van der Waals surface area contributed by atoms with Gasteiger partial charge in [-0.15, -0.1) is 0 Å². The summed E-state index contributed by atoms with van der Waals surface area (Å²) in [5.74, 6) is -0.198. The van der Waals surface area contributed by atoms with Crippen LogP contribution >= 0.6 is 15.9 Å². The summed E-state index contributed by atoms with van der Waals surface area (Å²) < 4.78 is 14.9. The van der Waals surface area contributed by atoms with Crippen molar-refractivity contribution in [1.29, 1.82) is 0 Å². The van der Waals surface area contributed by atoms with Crippen LogP contribution in [0.2, 0.25) is 0 Å². The van der Waals surface area contributed by atoms with Gasteiger partial charge in [-0.05, 0) is 36.7 Å². The molecule has 0 radical (unpaired) electrons. The maximum Gasteiger partial charge on any atom is 0.129 e. The highest BCUT2D eigenvalue weighted by atomic mass is 79.9. The lowest BCUT2D eigenvalue weighted by Gasteiger charge is -2.19. The van der Waals surface area contributed by atoms with E-state index in [1.165, 1.54) is 11.6 Å². The molecule has 2 aromatic carbocycles. The Labute approximate surface area is 128 Å². The molecule has 0 heterocycles. The van der Waals surface area contributed by atoms with Crippen molar-refractivity contribution in [3.05, 3.63) is 69.4 Å². The van der Waals surface area contributed by atoms with Gasteiger partial charge in [0.25, 0.3) is 0 Å². The summed E-state index contributed by atoms with van der Waals surface area (Å²) in [6, 6.07) is 13.3. The molecule has 0 spiro atoms. The number of hydrogen-bond acceptors (Lipinski definition) is 1. The predicted octanol–water partition coefficient (Wildman–Crippen LogP) is 4.85. The average Bonchev–Trinajstić information content (AvgIpc) is 2.45. The van der Waals surface area contributed by atoms with Crippen LogP contribution in [0, 0.1) is 5.82 Å². The Morgan fingerprint density at radius 1 is 1.15 bits per heavy atom. The van der Waals surface area contributed by atoms with Crippen molar-refractivity contribution in [3.63, 3.8) is 0 Å². The zero-order valence-corrected chi connectivity index (χ0v) is 13.4. The van der Waals surface area contributed by atoms with Crippen molar-refractivity contribution < 1.29 is 4.39 Å². The van der Waals surface area contributed by atoms with Crippen molar-refractivity contribution in [2.45, 2.75) is 25.8 Å². The van der Waals surface area contributed by atoms with Gasteiger partial charge >= 0.3 is 0 Å². The van der Waals surface area contributed by atoms with E-state index >= 15 is 0 Å². The van der Waals surface area contributed by atoms with E-state index in [0.717, 1.165) is 22.9 Å². The van der Waals surface area contributed by atoms with Gasteiger partial charge in [0.15, 0.2) is 0 Å². The number of halogens is 2. The normalized spacial score (nSPS) is 12.4. The van der Waals surface area contributed by atoms with Crippen LogP contribution in [0.15, 0.2) is 46.9 Å². The maximum atomic E-state index is 14.1. The Morgan fingerprint density at radius 3 is 2.40 bits per heavy atom. The topological polar surface area (TPSA) is 12.0 Å². The van der Waals surface area contributed by atoms with E-state index < -0.39 is 0 Å². The van der Waals surface area contributed by atoms with Crippen molar-refractivity contribution in [3.8, 4) is 0 Å². The quantitative estimate of drug-likeness (QED) is 0.823. The molecule has 0 aliphatic rings. The van der Waals surface area contributed by atoms with Gasteiger partial charge in [-0.25, -0.2) is 4.39 Å². The second-order valence-electron chi connectivity index (χ2n) is 4.85. The van der Waals surface area contributed by atoms with Crippen LogP contribution in [0.25, 0.3) is 0 Å². The van der Waals surface area contributed by atoms with Crippen LogP contribution < -0.4 is 5.32 Å². The first kappa shape index (κ1) is 15.2. The third-order valence-electron chi connectivity index (χ3n) is 3.43. The standard InChI is InChI=1S/C17H19BrFN/c1-3-5-12-8-10-13(11-9-12)17(20-2)16-14(18)6-4-7-15(16)19/h4,6-11,17,20H,3,5H2,1-2H3. The first-order chi connectivity index (χ1) is 9.67. The van der Waals surface area contributed by atoms with Crippen LogP contribution in [-0.4, -0.2) is 7.05 Å². The van der Waals surface area contributed by atoms with Gasteiger partial charge < -0.3 is 5.32 Å². The van der Waals surface area contributed by atoms with Crippen molar-refractivity contribution >= 4 is 15.9 Å². The Bertz CT molecular complexity index is 545. The molecule has 2 rings (SSSR count). The zero-order chi connectivity index (χ0) is 14.5. The minimum Gasteiger partial charge on any atom is -0.309 e. The van der Waals surface area contributed by atoms with E-state index in [1.54, 1.807) is 6.07 Å². The molecule has 3 heteroatoms. The van der Waals surface area contributed by atoms with Gasteiger partial charge in [0.05, 0.1) is 6.04 Å². The zero-order valence-electron chi connectivity index (χ0n) is 11.8. The van der Waals surface area contributed by atoms with E-state index in [1.807, 2.05) is 13.1 Å². The molecule has 1 nitrogen and oxygen atoms in total. The first-order valence-corrected chi connectivity index (χ1v) is 7.66. The van der Waals surface area contributed by atoms with Crippen LogP contribution in [0.3, 0.4) is 0 Å². The molecule has 0 fully saturated rings. The second-order valence-corrected chi connectivity index (χ2v) is 5.70. The van der Waals surface area contributed by atoms with Gasteiger partial charge in [-0.1, -0.05) is 59.6 Å². The van der Waals surface area contributed by atoms with Gasteiger partial charge in [0.1, 0.15) is 5.82 Å². The summed E-state index contributed by atoms with van der Waals surface area (Å²) in [4.78, 5) is 0. The summed E-state index contributed by atoms with van der Waals surface area (Å²) in [5, 5.41) is 3.20. The van der Waals surface area contributed by atoms with Gasteiger partial charge in [-0.2, -0.15) is 0 Å². The van der Waals surface area contributed by atoms with Crippen molar-refractivity contribution in [2.75, 3.05) is 7.05 Å². The lowest BCUT2D eigenvalue weighted by atomic mass is 9.96. The molecule has 1 N–H and O–H groups in total. The third kappa shape index (κ3) is 3.28. The number of rotatable bonds is 5. The van der Waals surface area contributed by atoms with Crippen LogP contribution in [0.5, 0.6) is 0 Å². The van der Waals surface area contributed by atoms with E-state index in [-0.39, 0.29) is 11.9 Å². The van der Waals surface area contributed by atoms with Crippen LogP contribution in [0.4, 0.5) is 4.39 Å². The second kappa shape index (κ2) is 7.00. The monoisotopic (exact) mass is 335 g/mol. The minimum atomic E-state index is -0.198. The summed E-state index contributed by atoms with van der Waals surface area (Å²) in [6.07, 6.45) is 2.21. The fourth-order valence-corrected chi connectivity index (χ4v) is 3.00. The molecular formula is C17H19BrFN. The molecule has 0 saturated heterocycles. The molecule has 20 heavy (non-hydrogen) atoms. The average molecular weight is 336 g/mol. The largest absolute Gasteiger partial charge is 0.309 e. The Hall–Kier alpha value is -1.19. The molecular weight excluding hydrogens is 317 g/mol. The fourth-order valence-electron chi connectivity index (χ4n) is 2.43. The highest BCUT2D eigenvalue weighted by Gasteiger charge is 2.18. The summed E-state index contributed by atoms with van der Waals surface area (Å²) in [7, 11) is 1.85. The van der Waals surface area contributed by atoms with E-state index in [2.05, 4.69) is 52.4 Å². The highest BCUT2D eigenvalue weighted by Crippen LogP contribution is 2.30. The lowest BCUT2D eigenvalue weighted by Crippen LogP contribution is -2.19. The minimum absolute atomic E-state index is 0.152. The Balaban J connectivity index is 2.37. The molecule has 0 saturated carbocycles. The van der Waals surface area contributed by atoms with Crippen LogP contribution in [0.1, 0.15) is 36.1 Å². The molecule has 0 amide bonds. The number of nitrogens with one attached hydrogen (secondary N) is 1. The van der Waals surface area contributed by atoms with Crippen LogP contribution in [-0.2, 0) is 6.42 Å². The van der Waals surface area contributed by atoms with Gasteiger partial charge in [0, 0.05) is 10.0 Å². The molecule has 0 bridgehead atoms. The molecule has 0 aliphatic heterocycles. The Morgan fingerprint density at radius 2 is 1.85 bits per heavy atom. The number of aryl methyl sites for hydroxylation is 1. The van der Waals surface area contributed by atoms with Gasteiger partial charge in [0.2, 0.25) is 0 Å². The first-order valence-electron chi connectivity index (χ1n) is 6.87. The maximum absolute atomic E-state index is 14.1. The number of hydrogen-bond donors (Lipinski definition) is 1. The third-order valence-corrected chi connectivity index (χ3v) is 4.12.